The first-order valence-electron chi connectivity index (χ1n) is 9.68. The minimum atomic E-state index is -0.0619. The molecule has 8 nitrogen and oxygen atoms in total. The van der Waals surface area contributed by atoms with E-state index in [0.717, 1.165) is 48.6 Å². The average molecular weight is 379 g/mol. The van der Waals surface area contributed by atoms with E-state index in [0.29, 0.717) is 11.9 Å². The third kappa shape index (κ3) is 3.81. The van der Waals surface area contributed by atoms with Gasteiger partial charge in [0.1, 0.15) is 12.1 Å². The summed E-state index contributed by atoms with van der Waals surface area (Å²) in [5.41, 5.74) is 2.82. The molecular weight excluding hydrogens is 354 g/mol. The Morgan fingerprint density at radius 2 is 1.75 bits per heavy atom. The van der Waals surface area contributed by atoms with Crippen LogP contribution < -0.4 is 10.9 Å². The number of hydrogen-bond acceptors (Lipinski definition) is 6. The van der Waals surface area contributed by atoms with Gasteiger partial charge in [0.05, 0.1) is 11.7 Å². The summed E-state index contributed by atoms with van der Waals surface area (Å²) in [5.74, 6) is 1.54. The van der Waals surface area contributed by atoms with Crippen LogP contribution in [0.15, 0.2) is 35.4 Å². The van der Waals surface area contributed by atoms with Crippen molar-refractivity contribution in [1.29, 1.82) is 0 Å². The van der Waals surface area contributed by atoms with Crippen LogP contribution in [0.2, 0.25) is 0 Å². The van der Waals surface area contributed by atoms with Gasteiger partial charge >= 0.3 is 0 Å². The predicted molar refractivity (Wildman–Crippen MR) is 107 cm³/mol. The van der Waals surface area contributed by atoms with Crippen LogP contribution in [0.25, 0.3) is 5.82 Å². The van der Waals surface area contributed by atoms with Crippen LogP contribution in [-0.2, 0) is 0 Å². The molecule has 0 bridgehead atoms. The SMILES string of the molecule is Cc1cc(NC2CCC(n3nc(-n4nc(C)cc4C)ccc3=O)CC2)ncn1. The van der Waals surface area contributed by atoms with E-state index in [1.165, 1.54) is 0 Å². The van der Waals surface area contributed by atoms with Crippen molar-refractivity contribution >= 4 is 5.82 Å². The second kappa shape index (κ2) is 7.53. The van der Waals surface area contributed by atoms with E-state index >= 15 is 0 Å². The highest BCUT2D eigenvalue weighted by Crippen LogP contribution is 2.28. The van der Waals surface area contributed by atoms with Gasteiger partial charge in [0.2, 0.25) is 0 Å². The number of nitrogens with zero attached hydrogens (tertiary/aromatic N) is 6. The molecule has 3 heterocycles. The summed E-state index contributed by atoms with van der Waals surface area (Å²) in [6.07, 6.45) is 5.31. The third-order valence-electron chi connectivity index (χ3n) is 5.24. The second-order valence-corrected chi connectivity index (χ2v) is 7.51. The maximum atomic E-state index is 12.4. The Morgan fingerprint density at radius 1 is 0.964 bits per heavy atom. The van der Waals surface area contributed by atoms with E-state index in [1.54, 1.807) is 27.8 Å². The van der Waals surface area contributed by atoms with Crippen LogP contribution in [0.4, 0.5) is 5.82 Å². The van der Waals surface area contributed by atoms with Gasteiger partial charge in [-0.25, -0.2) is 19.3 Å². The van der Waals surface area contributed by atoms with Crippen molar-refractivity contribution in [3.63, 3.8) is 0 Å². The number of aryl methyl sites for hydroxylation is 3. The Morgan fingerprint density at radius 3 is 2.43 bits per heavy atom. The molecule has 8 heteroatoms. The first kappa shape index (κ1) is 18.3. The zero-order valence-corrected chi connectivity index (χ0v) is 16.5. The minimum absolute atomic E-state index is 0.0619. The molecule has 0 amide bonds. The quantitative estimate of drug-likeness (QED) is 0.750. The van der Waals surface area contributed by atoms with Gasteiger partial charge in [-0.3, -0.25) is 4.79 Å². The molecule has 1 aliphatic rings. The molecule has 0 aliphatic heterocycles. The van der Waals surface area contributed by atoms with E-state index in [2.05, 4.69) is 25.5 Å². The maximum Gasteiger partial charge on any atom is 0.267 e. The lowest BCUT2D eigenvalue weighted by atomic mass is 9.91. The number of aromatic nitrogens is 6. The fraction of sp³-hybridized carbons (Fsp3) is 0.450. The zero-order chi connectivity index (χ0) is 19.7. The normalized spacial score (nSPS) is 19.5. The standard InChI is InChI=1S/C20H25N7O/c1-13-11-18(22-12-21-13)23-16-4-6-17(7-5-16)27-20(28)9-8-19(25-27)26-15(3)10-14(2)24-26/h8-12,16-17H,4-7H2,1-3H3,(H,21,22,23). The summed E-state index contributed by atoms with van der Waals surface area (Å²) in [6.45, 7) is 5.90. The Labute approximate surface area is 163 Å². The van der Waals surface area contributed by atoms with Gasteiger partial charge in [0.25, 0.3) is 5.56 Å². The molecule has 146 valence electrons. The van der Waals surface area contributed by atoms with Crippen molar-refractivity contribution in [1.82, 2.24) is 29.5 Å². The Bertz CT molecular complexity index is 1030. The molecule has 0 unspecified atom stereocenters. The fourth-order valence-corrected chi connectivity index (χ4v) is 3.86. The molecule has 0 aromatic carbocycles. The minimum Gasteiger partial charge on any atom is -0.367 e. The molecule has 0 saturated heterocycles. The summed E-state index contributed by atoms with van der Waals surface area (Å²) in [7, 11) is 0. The topological polar surface area (TPSA) is 90.5 Å². The zero-order valence-electron chi connectivity index (χ0n) is 16.5. The maximum absolute atomic E-state index is 12.4. The summed E-state index contributed by atoms with van der Waals surface area (Å²) < 4.78 is 3.42. The van der Waals surface area contributed by atoms with Crippen molar-refractivity contribution in [3.05, 3.63) is 58.0 Å². The molecule has 0 atom stereocenters. The summed E-state index contributed by atoms with van der Waals surface area (Å²) in [4.78, 5) is 20.9. The molecule has 3 aromatic rings. The molecule has 1 saturated carbocycles. The number of nitrogens with one attached hydrogen (secondary N) is 1. The van der Waals surface area contributed by atoms with E-state index in [1.807, 2.05) is 32.9 Å². The van der Waals surface area contributed by atoms with Crippen molar-refractivity contribution in [2.75, 3.05) is 5.32 Å². The van der Waals surface area contributed by atoms with Crippen LogP contribution in [0.3, 0.4) is 0 Å². The van der Waals surface area contributed by atoms with Gasteiger partial charge in [-0.1, -0.05) is 0 Å². The van der Waals surface area contributed by atoms with Crippen LogP contribution in [0, 0.1) is 20.8 Å². The second-order valence-electron chi connectivity index (χ2n) is 7.51. The molecule has 28 heavy (non-hydrogen) atoms. The van der Waals surface area contributed by atoms with E-state index in [-0.39, 0.29) is 11.6 Å². The summed E-state index contributed by atoms with van der Waals surface area (Å²) in [5, 5.41) is 12.6. The molecule has 0 spiro atoms. The highest BCUT2D eigenvalue weighted by molar-refractivity contribution is 5.35. The van der Waals surface area contributed by atoms with Crippen LogP contribution in [-0.4, -0.2) is 35.6 Å². The van der Waals surface area contributed by atoms with Crippen LogP contribution >= 0.6 is 0 Å². The average Bonchev–Trinajstić information content (AvgIpc) is 3.01. The highest BCUT2D eigenvalue weighted by Gasteiger charge is 2.24. The highest BCUT2D eigenvalue weighted by atomic mass is 16.1. The fourth-order valence-electron chi connectivity index (χ4n) is 3.86. The molecule has 1 fully saturated rings. The molecule has 0 radical (unpaired) electrons. The molecule has 3 aromatic heterocycles. The Balaban J connectivity index is 1.48. The number of rotatable bonds is 4. The van der Waals surface area contributed by atoms with Crippen LogP contribution in [0.1, 0.15) is 48.8 Å². The van der Waals surface area contributed by atoms with Crippen molar-refractivity contribution in [2.24, 2.45) is 0 Å². The molecule has 1 aliphatic carbocycles. The van der Waals surface area contributed by atoms with E-state index < -0.39 is 0 Å². The van der Waals surface area contributed by atoms with Gasteiger partial charge in [-0.2, -0.15) is 5.10 Å². The number of hydrogen-bond donors (Lipinski definition) is 1. The first-order chi connectivity index (χ1) is 13.5. The van der Waals surface area contributed by atoms with E-state index in [9.17, 15) is 4.79 Å². The van der Waals surface area contributed by atoms with Gasteiger partial charge in [0, 0.05) is 29.6 Å². The van der Waals surface area contributed by atoms with Gasteiger partial charge in [0.15, 0.2) is 5.82 Å². The molecule has 1 N–H and O–H groups in total. The summed E-state index contributed by atoms with van der Waals surface area (Å²) in [6, 6.07) is 7.74. The predicted octanol–water partition coefficient (Wildman–Crippen LogP) is 2.74. The largest absolute Gasteiger partial charge is 0.367 e. The third-order valence-corrected chi connectivity index (χ3v) is 5.24. The Hall–Kier alpha value is -3.03. The van der Waals surface area contributed by atoms with Gasteiger partial charge in [-0.05, 0) is 58.6 Å². The lowest BCUT2D eigenvalue weighted by Crippen LogP contribution is -2.33. The lowest BCUT2D eigenvalue weighted by molar-refractivity contribution is 0.302. The van der Waals surface area contributed by atoms with Crippen LogP contribution in [0.5, 0.6) is 0 Å². The number of anilines is 1. The monoisotopic (exact) mass is 379 g/mol. The van der Waals surface area contributed by atoms with E-state index in [4.69, 9.17) is 0 Å². The molecular formula is C20H25N7O. The lowest BCUT2D eigenvalue weighted by Gasteiger charge is -2.30. The smallest absolute Gasteiger partial charge is 0.267 e. The van der Waals surface area contributed by atoms with Crippen molar-refractivity contribution in [2.45, 2.75) is 58.5 Å². The molecule has 4 rings (SSSR count). The van der Waals surface area contributed by atoms with Crippen molar-refractivity contribution < 1.29 is 0 Å². The Kier molecular flexibility index (Phi) is 4.93. The first-order valence-corrected chi connectivity index (χ1v) is 9.68. The summed E-state index contributed by atoms with van der Waals surface area (Å²) >= 11 is 0. The van der Waals surface area contributed by atoms with Gasteiger partial charge in [-0.15, -0.1) is 5.10 Å². The van der Waals surface area contributed by atoms with Gasteiger partial charge < -0.3 is 5.32 Å². The van der Waals surface area contributed by atoms with Crippen molar-refractivity contribution in [3.8, 4) is 5.82 Å².